The first-order valence-corrected chi connectivity index (χ1v) is 12.9. The summed E-state index contributed by atoms with van der Waals surface area (Å²) in [6, 6.07) is 19.6. The van der Waals surface area contributed by atoms with Crippen LogP contribution in [0.1, 0.15) is 30.0 Å². The Morgan fingerprint density at radius 1 is 0.917 bits per heavy atom. The van der Waals surface area contributed by atoms with E-state index in [2.05, 4.69) is 24.9 Å². The molecule has 6 nitrogen and oxygen atoms in total. The number of ether oxygens (including phenoxy) is 3. The van der Waals surface area contributed by atoms with Crippen LogP contribution >= 0.6 is 11.3 Å². The largest absolute Gasteiger partial charge is 0.493 e. The van der Waals surface area contributed by atoms with Gasteiger partial charge in [-0.1, -0.05) is 35.6 Å². The number of benzene rings is 3. The van der Waals surface area contributed by atoms with Crippen LogP contribution in [-0.4, -0.2) is 29.2 Å². The van der Waals surface area contributed by atoms with Crippen molar-refractivity contribution in [1.29, 1.82) is 0 Å². The minimum Gasteiger partial charge on any atom is -0.493 e. The van der Waals surface area contributed by atoms with Crippen molar-refractivity contribution in [3.05, 3.63) is 92.2 Å². The number of imidazole rings is 1. The van der Waals surface area contributed by atoms with Crippen molar-refractivity contribution in [2.75, 3.05) is 19.8 Å². The lowest BCUT2D eigenvalue weighted by Gasteiger charge is -2.13. The normalized spacial score (nSPS) is 11.9. The molecule has 0 aliphatic heterocycles. The van der Waals surface area contributed by atoms with Gasteiger partial charge in [-0.15, -0.1) is 0 Å². The van der Waals surface area contributed by atoms with E-state index in [1.165, 1.54) is 22.5 Å². The molecule has 0 unspecified atom stereocenters. The molecule has 0 atom stereocenters. The molecular formula is C29H28N2O4S. The Hall–Kier alpha value is -3.84. The molecule has 0 amide bonds. The van der Waals surface area contributed by atoms with Gasteiger partial charge in [-0.2, -0.15) is 0 Å². The fourth-order valence-electron chi connectivity index (χ4n) is 4.21. The minimum atomic E-state index is -0.0641. The first-order valence-electron chi connectivity index (χ1n) is 12.0. The summed E-state index contributed by atoms with van der Waals surface area (Å²) < 4.78 is 20.0. The lowest BCUT2D eigenvalue weighted by Crippen LogP contribution is -2.22. The third-order valence-electron chi connectivity index (χ3n) is 5.72. The zero-order valence-corrected chi connectivity index (χ0v) is 21.4. The van der Waals surface area contributed by atoms with Gasteiger partial charge < -0.3 is 14.2 Å². The van der Waals surface area contributed by atoms with Crippen molar-refractivity contribution in [2.45, 2.75) is 27.2 Å². The Morgan fingerprint density at radius 3 is 2.50 bits per heavy atom. The second kappa shape index (κ2) is 10.4. The Labute approximate surface area is 213 Å². The number of thiazole rings is 1. The van der Waals surface area contributed by atoms with Gasteiger partial charge in [0.1, 0.15) is 5.75 Å². The lowest BCUT2D eigenvalue weighted by molar-refractivity contribution is 0.236. The average molecular weight is 501 g/mol. The van der Waals surface area contributed by atoms with Gasteiger partial charge in [0.05, 0.1) is 35.4 Å². The summed E-state index contributed by atoms with van der Waals surface area (Å²) in [7, 11) is 0. The molecule has 0 bridgehead atoms. The SMILES string of the molecule is CCOc1cc(C=c2sc3nc4ccccc4n3c2=O)ccc1OCCCOc1cc(C)cc(C)c1. The molecule has 0 fully saturated rings. The van der Waals surface area contributed by atoms with Crippen LogP contribution in [0.3, 0.4) is 0 Å². The first-order chi connectivity index (χ1) is 17.5. The number of aromatic nitrogens is 2. The van der Waals surface area contributed by atoms with Gasteiger partial charge in [-0.3, -0.25) is 4.79 Å². The summed E-state index contributed by atoms with van der Waals surface area (Å²) in [5, 5.41) is 0. The van der Waals surface area contributed by atoms with Gasteiger partial charge in [0, 0.05) is 6.42 Å². The number of rotatable bonds is 9. The van der Waals surface area contributed by atoms with Crippen molar-refractivity contribution in [2.24, 2.45) is 0 Å². The van der Waals surface area contributed by atoms with Crippen LogP contribution in [0.5, 0.6) is 17.2 Å². The van der Waals surface area contributed by atoms with E-state index in [1.807, 2.05) is 67.6 Å². The molecule has 0 aliphatic rings. The molecule has 0 saturated carbocycles. The van der Waals surface area contributed by atoms with Crippen molar-refractivity contribution in [1.82, 2.24) is 9.38 Å². The molecule has 0 spiro atoms. The molecule has 0 radical (unpaired) electrons. The Balaban J connectivity index is 1.29. The highest BCUT2D eigenvalue weighted by atomic mass is 32.1. The average Bonchev–Trinajstić information content (AvgIpc) is 3.35. The fourth-order valence-corrected chi connectivity index (χ4v) is 5.20. The maximum atomic E-state index is 13.1. The molecule has 184 valence electrons. The molecule has 3 aromatic carbocycles. The van der Waals surface area contributed by atoms with Crippen molar-refractivity contribution >= 4 is 33.4 Å². The molecule has 5 aromatic rings. The highest BCUT2D eigenvalue weighted by molar-refractivity contribution is 7.15. The van der Waals surface area contributed by atoms with E-state index >= 15 is 0 Å². The number of hydrogen-bond donors (Lipinski definition) is 0. The summed E-state index contributed by atoms with van der Waals surface area (Å²) in [4.78, 5) is 18.3. The molecule has 2 heterocycles. The molecule has 7 heteroatoms. The second-order valence-electron chi connectivity index (χ2n) is 8.65. The van der Waals surface area contributed by atoms with E-state index in [0.29, 0.717) is 40.8 Å². The molecule has 0 aliphatic carbocycles. The van der Waals surface area contributed by atoms with Crippen molar-refractivity contribution in [3.8, 4) is 17.2 Å². The quantitative estimate of drug-likeness (QED) is 0.256. The van der Waals surface area contributed by atoms with Gasteiger partial charge in [-0.25, -0.2) is 9.38 Å². The van der Waals surface area contributed by atoms with E-state index < -0.39 is 0 Å². The highest BCUT2D eigenvalue weighted by Gasteiger charge is 2.11. The van der Waals surface area contributed by atoms with E-state index in [0.717, 1.165) is 28.8 Å². The van der Waals surface area contributed by atoms with Crippen LogP contribution in [-0.2, 0) is 0 Å². The summed E-state index contributed by atoms with van der Waals surface area (Å²) >= 11 is 1.38. The van der Waals surface area contributed by atoms with E-state index in [-0.39, 0.29) is 5.56 Å². The Kier molecular flexibility index (Phi) is 6.91. The Morgan fingerprint density at radius 2 is 1.69 bits per heavy atom. The van der Waals surface area contributed by atoms with Crippen LogP contribution < -0.4 is 24.3 Å². The van der Waals surface area contributed by atoms with Gasteiger partial charge >= 0.3 is 0 Å². The number of nitrogens with zero attached hydrogens (tertiary/aromatic N) is 2. The third kappa shape index (κ3) is 5.06. The third-order valence-corrected chi connectivity index (χ3v) is 6.69. The standard InChI is InChI=1S/C29H28N2O4S/c1-4-33-26-17-21(18-27-28(32)31-24-9-6-5-8-23(24)30-29(31)36-27)10-11-25(26)35-13-7-12-34-22-15-19(2)14-20(3)16-22/h5-6,8-11,14-18H,4,7,12-13H2,1-3H3. The summed E-state index contributed by atoms with van der Waals surface area (Å²) in [5.74, 6) is 2.21. The monoisotopic (exact) mass is 500 g/mol. The summed E-state index contributed by atoms with van der Waals surface area (Å²) in [5.41, 5.74) is 4.84. The van der Waals surface area contributed by atoms with Gasteiger partial charge in [0.15, 0.2) is 16.5 Å². The van der Waals surface area contributed by atoms with Crippen LogP contribution in [0.15, 0.2) is 65.5 Å². The lowest BCUT2D eigenvalue weighted by atomic mass is 10.1. The van der Waals surface area contributed by atoms with Gasteiger partial charge in [-0.05, 0) is 79.9 Å². The minimum absolute atomic E-state index is 0.0641. The Bertz CT molecular complexity index is 1620. The number of para-hydroxylation sites is 2. The van der Waals surface area contributed by atoms with E-state index in [4.69, 9.17) is 14.2 Å². The predicted octanol–water partition coefficient (Wildman–Crippen LogP) is 5.32. The van der Waals surface area contributed by atoms with Crippen LogP contribution in [0, 0.1) is 13.8 Å². The molecule has 36 heavy (non-hydrogen) atoms. The first kappa shape index (κ1) is 23.9. The number of fused-ring (bicyclic) bond motifs is 3. The zero-order chi connectivity index (χ0) is 25.1. The van der Waals surface area contributed by atoms with Gasteiger partial charge in [0.2, 0.25) is 0 Å². The maximum Gasteiger partial charge on any atom is 0.274 e. The molecule has 2 aromatic heterocycles. The van der Waals surface area contributed by atoms with Crippen LogP contribution in [0.2, 0.25) is 0 Å². The molecular weight excluding hydrogens is 472 g/mol. The van der Waals surface area contributed by atoms with E-state index in [1.54, 1.807) is 4.40 Å². The smallest absolute Gasteiger partial charge is 0.274 e. The highest BCUT2D eigenvalue weighted by Crippen LogP contribution is 2.29. The number of hydrogen-bond acceptors (Lipinski definition) is 6. The van der Waals surface area contributed by atoms with E-state index in [9.17, 15) is 4.79 Å². The van der Waals surface area contributed by atoms with Crippen molar-refractivity contribution < 1.29 is 14.2 Å². The maximum absolute atomic E-state index is 13.1. The molecule has 5 rings (SSSR count). The summed E-state index contributed by atoms with van der Waals surface area (Å²) in [6.07, 6.45) is 2.62. The van der Waals surface area contributed by atoms with Gasteiger partial charge in [0.25, 0.3) is 5.56 Å². The summed E-state index contributed by atoms with van der Waals surface area (Å²) in [6.45, 7) is 7.66. The van der Waals surface area contributed by atoms with Crippen molar-refractivity contribution in [3.63, 3.8) is 0 Å². The molecule has 0 saturated heterocycles. The number of aryl methyl sites for hydroxylation is 2. The fraction of sp³-hybridized carbons (Fsp3) is 0.241. The second-order valence-corrected chi connectivity index (χ2v) is 9.66. The zero-order valence-electron chi connectivity index (χ0n) is 20.6. The molecule has 0 N–H and O–H groups in total. The van der Waals surface area contributed by atoms with Crippen LogP contribution in [0.4, 0.5) is 0 Å². The van der Waals surface area contributed by atoms with Crippen LogP contribution in [0.25, 0.3) is 22.1 Å². The predicted molar refractivity (Wildman–Crippen MR) is 145 cm³/mol. The topological polar surface area (TPSA) is 62.1 Å².